The summed E-state index contributed by atoms with van der Waals surface area (Å²) < 4.78 is 5.46. The Bertz CT molecular complexity index is 505. The molecule has 1 saturated heterocycles. The maximum atomic E-state index is 12.2. The molecule has 1 aromatic heterocycles. The van der Waals surface area contributed by atoms with E-state index in [1.54, 1.807) is 7.11 Å². The maximum absolute atomic E-state index is 12.2. The minimum absolute atomic E-state index is 0.108. The lowest BCUT2D eigenvalue weighted by Gasteiger charge is -2.31. The number of carbonyl (C=O) groups excluding carboxylic acids is 1. The van der Waals surface area contributed by atoms with Crippen LogP contribution in [-0.2, 0) is 0 Å². The van der Waals surface area contributed by atoms with Crippen molar-refractivity contribution in [3.8, 4) is 5.75 Å². The second-order valence-corrected chi connectivity index (χ2v) is 7.61. The van der Waals surface area contributed by atoms with Crippen LogP contribution >= 0.6 is 23.1 Å². The van der Waals surface area contributed by atoms with Crippen molar-refractivity contribution in [1.29, 1.82) is 0 Å². The zero-order chi connectivity index (χ0) is 15.4. The molecule has 0 aromatic carbocycles. The van der Waals surface area contributed by atoms with Crippen LogP contribution in [0.5, 0.6) is 5.75 Å². The molecule has 2 rings (SSSR count). The van der Waals surface area contributed by atoms with Crippen LogP contribution in [0, 0.1) is 0 Å². The van der Waals surface area contributed by atoms with Gasteiger partial charge in [-0.25, -0.2) is 0 Å². The number of hydrogen-bond acceptors (Lipinski definition) is 6. The average molecular weight is 329 g/mol. The fourth-order valence-corrected chi connectivity index (χ4v) is 4.47. The Kier molecular flexibility index (Phi) is 5.64. The standard InChI is InChI=1S/C14H23N3O2S2/c1-4-5-16-13(18)12-10(15)11(19-3)14(21-12)17-6-7-20-9(2)8-17/h9H,4-8,15H2,1-3H3,(H,16,18). The number of nitrogens with two attached hydrogens (primary N) is 1. The van der Waals surface area contributed by atoms with Crippen LogP contribution in [0.2, 0.25) is 0 Å². The molecule has 1 aromatic rings. The lowest BCUT2D eigenvalue weighted by molar-refractivity contribution is 0.0958. The van der Waals surface area contributed by atoms with E-state index >= 15 is 0 Å². The first kappa shape index (κ1) is 16.3. The zero-order valence-electron chi connectivity index (χ0n) is 12.8. The van der Waals surface area contributed by atoms with Crippen LogP contribution in [0.4, 0.5) is 10.7 Å². The van der Waals surface area contributed by atoms with Crippen LogP contribution in [-0.4, -0.2) is 43.7 Å². The number of thiophene rings is 1. The van der Waals surface area contributed by atoms with Gasteiger partial charge in [0.25, 0.3) is 5.91 Å². The number of methoxy groups -OCH3 is 1. The van der Waals surface area contributed by atoms with Crippen molar-refractivity contribution in [2.24, 2.45) is 0 Å². The second kappa shape index (κ2) is 7.26. The lowest BCUT2D eigenvalue weighted by atomic mass is 10.3. The molecule has 7 heteroatoms. The Hall–Kier alpha value is -1.08. The molecule has 1 aliphatic heterocycles. The SMILES string of the molecule is CCCNC(=O)c1sc(N2CCSC(C)C2)c(OC)c1N. The quantitative estimate of drug-likeness (QED) is 0.868. The molecule has 21 heavy (non-hydrogen) atoms. The van der Waals surface area contributed by atoms with Gasteiger partial charge < -0.3 is 20.7 Å². The van der Waals surface area contributed by atoms with Gasteiger partial charge in [0, 0.05) is 30.6 Å². The third-order valence-corrected chi connectivity index (χ3v) is 5.74. The van der Waals surface area contributed by atoms with E-state index in [-0.39, 0.29) is 5.91 Å². The van der Waals surface area contributed by atoms with E-state index in [0.717, 1.165) is 30.3 Å². The molecular weight excluding hydrogens is 306 g/mol. The van der Waals surface area contributed by atoms with Crippen molar-refractivity contribution in [1.82, 2.24) is 5.32 Å². The predicted octanol–water partition coefficient (Wildman–Crippen LogP) is 2.42. The number of ether oxygens (including phenoxy) is 1. The number of nitrogen functional groups attached to an aromatic ring is 1. The molecule has 0 bridgehead atoms. The topological polar surface area (TPSA) is 67.6 Å². The van der Waals surface area contributed by atoms with Crippen molar-refractivity contribution >= 4 is 39.7 Å². The minimum atomic E-state index is -0.108. The maximum Gasteiger partial charge on any atom is 0.263 e. The molecule has 1 aliphatic rings. The summed E-state index contributed by atoms with van der Waals surface area (Å²) in [7, 11) is 1.61. The first-order chi connectivity index (χ1) is 10.1. The van der Waals surface area contributed by atoms with Gasteiger partial charge in [-0.3, -0.25) is 4.79 Å². The number of amides is 1. The van der Waals surface area contributed by atoms with Gasteiger partial charge >= 0.3 is 0 Å². The van der Waals surface area contributed by atoms with Gasteiger partial charge in [-0.15, -0.1) is 11.3 Å². The fraction of sp³-hybridized carbons (Fsp3) is 0.643. The summed E-state index contributed by atoms with van der Waals surface area (Å²) >= 11 is 3.40. The average Bonchev–Trinajstić information content (AvgIpc) is 2.81. The van der Waals surface area contributed by atoms with E-state index in [9.17, 15) is 4.79 Å². The zero-order valence-corrected chi connectivity index (χ0v) is 14.4. The molecule has 0 aliphatic carbocycles. The fourth-order valence-electron chi connectivity index (χ4n) is 2.31. The molecule has 1 atom stereocenters. The van der Waals surface area contributed by atoms with Crippen LogP contribution in [0.25, 0.3) is 0 Å². The highest BCUT2D eigenvalue weighted by Crippen LogP contribution is 2.45. The van der Waals surface area contributed by atoms with Gasteiger partial charge in [-0.2, -0.15) is 11.8 Å². The summed E-state index contributed by atoms with van der Waals surface area (Å²) in [5.41, 5.74) is 6.58. The van der Waals surface area contributed by atoms with Crippen molar-refractivity contribution in [2.45, 2.75) is 25.5 Å². The highest BCUT2D eigenvalue weighted by Gasteiger charge is 2.27. The van der Waals surface area contributed by atoms with E-state index in [0.29, 0.717) is 28.1 Å². The van der Waals surface area contributed by atoms with Gasteiger partial charge in [-0.05, 0) is 6.42 Å². The Balaban J connectivity index is 2.27. The van der Waals surface area contributed by atoms with Gasteiger partial charge in [0.2, 0.25) is 0 Å². The summed E-state index contributed by atoms with van der Waals surface area (Å²) in [6.45, 7) is 6.82. The van der Waals surface area contributed by atoms with E-state index in [1.165, 1.54) is 11.3 Å². The minimum Gasteiger partial charge on any atom is -0.492 e. The Morgan fingerprint density at radius 3 is 2.95 bits per heavy atom. The molecule has 1 amide bonds. The van der Waals surface area contributed by atoms with Crippen molar-refractivity contribution in [2.75, 3.05) is 43.1 Å². The summed E-state index contributed by atoms with van der Waals surface area (Å²) in [4.78, 5) is 15.0. The van der Waals surface area contributed by atoms with Crippen molar-refractivity contribution < 1.29 is 9.53 Å². The Morgan fingerprint density at radius 2 is 2.33 bits per heavy atom. The van der Waals surface area contributed by atoms with Gasteiger partial charge in [-0.1, -0.05) is 13.8 Å². The molecule has 5 nitrogen and oxygen atoms in total. The number of rotatable bonds is 5. The van der Waals surface area contributed by atoms with Crippen molar-refractivity contribution in [3.05, 3.63) is 4.88 Å². The second-order valence-electron chi connectivity index (χ2n) is 5.07. The van der Waals surface area contributed by atoms with Crippen LogP contribution in [0.3, 0.4) is 0 Å². The summed E-state index contributed by atoms with van der Waals surface area (Å²) in [5, 5.41) is 4.43. The molecule has 2 heterocycles. The molecule has 118 valence electrons. The van der Waals surface area contributed by atoms with E-state index in [2.05, 4.69) is 17.1 Å². The predicted molar refractivity (Wildman–Crippen MR) is 92.0 cm³/mol. The van der Waals surface area contributed by atoms with E-state index < -0.39 is 0 Å². The van der Waals surface area contributed by atoms with Gasteiger partial charge in [0.15, 0.2) is 5.75 Å². The molecule has 0 spiro atoms. The van der Waals surface area contributed by atoms with Crippen molar-refractivity contribution in [3.63, 3.8) is 0 Å². The lowest BCUT2D eigenvalue weighted by Crippen LogP contribution is -2.36. The van der Waals surface area contributed by atoms with E-state index in [1.807, 2.05) is 18.7 Å². The van der Waals surface area contributed by atoms with Crippen LogP contribution in [0.15, 0.2) is 0 Å². The third-order valence-electron chi connectivity index (χ3n) is 3.36. The number of hydrogen-bond donors (Lipinski definition) is 2. The normalized spacial score (nSPS) is 18.6. The molecule has 0 saturated carbocycles. The largest absolute Gasteiger partial charge is 0.492 e. The number of nitrogens with zero attached hydrogens (tertiary/aromatic N) is 1. The first-order valence-electron chi connectivity index (χ1n) is 7.19. The summed E-state index contributed by atoms with van der Waals surface area (Å²) in [6.07, 6.45) is 0.905. The highest BCUT2D eigenvalue weighted by molar-refractivity contribution is 8.00. The first-order valence-corrected chi connectivity index (χ1v) is 9.06. The Morgan fingerprint density at radius 1 is 1.57 bits per heavy atom. The molecule has 3 N–H and O–H groups in total. The molecule has 1 unspecified atom stereocenters. The summed E-state index contributed by atoms with van der Waals surface area (Å²) in [5.74, 6) is 1.61. The third kappa shape index (κ3) is 3.58. The summed E-state index contributed by atoms with van der Waals surface area (Å²) in [6, 6.07) is 0. The smallest absolute Gasteiger partial charge is 0.263 e. The van der Waals surface area contributed by atoms with Crippen LogP contribution in [0.1, 0.15) is 29.9 Å². The highest BCUT2D eigenvalue weighted by atomic mass is 32.2. The van der Waals surface area contributed by atoms with Gasteiger partial charge in [0.05, 0.1) is 7.11 Å². The van der Waals surface area contributed by atoms with E-state index in [4.69, 9.17) is 10.5 Å². The monoisotopic (exact) mass is 329 g/mol. The number of thioether (sulfide) groups is 1. The molecule has 0 radical (unpaired) electrons. The number of anilines is 2. The molecular formula is C14H23N3O2S2. The number of carbonyl (C=O) groups is 1. The Labute approximate surface area is 134 Å². The molecule has 1 fully saturated rings. The van der Waals surface area contributed by atoms with Crippen LogP contribution < -0.4 is 20.7 Å². The number of nitrogens with one attached hydrogen (secondary N) is 1. The van der Waals surface area contributed by atoms with Gasteiger partial charge in [0.1, 0.15) is 15.6 Å².